The van der Waals surface area contributed by atoms with Crippen LogP contribution in [0.2, 0.25) is 0 Å². The molecule has 1 atom stereocenters. The number of hydrogen-bond donors (Lipinski definition) is 2. The van der Waals surface area contributed by atoms with Gasteiger partial charge >= 0.3 is 6.43 Å². The molecule has 34 heavy (non-hydrogen) atoms. The fraction of sp³-hybridized carbons (Fsp3) is 0.273. The van der Waals surface area contributed by atoms with Crippen LogP contribution in [0.3, 0.4) is 0 Å². The van der Waals surface area contributed by atoms with Gasteiger partial charge in [-0.05, 0) is 42.8 Å². The molecule has 2 aliphatic heterocycles. The number of carbonyl (C=O) groups is 1. The third-order valence-corrected chi connectivity index (χ3v) is 6.23. The van der Waals surface area contributed by atoms with E-state index in [-0.39, 0.29) is 11.8 Å². The van der Waals surface area contributed by atoms with Crippen LogP contribution in [0, 0.1) is 0 Å². The Morgan fingerprint density at radius 3 is 2.76 bits per heavy atom. The van der Waals surface area contributed by atoms with E-state index in [1.54, 1.807) is 16.8 Å². The Kier molecular flexibility index (Phi) is 4.69. The summed E-state index contributed by atoms with van der Waals surface area (Å²) in [6.45, 7) is 1.79. The van der Waals surface area contributed by atoms with Crippen LogP contribution in [-0.2, 0) is 16.8 Å². The molecular formula is C22H18F2N8O2. The Morgan fingerprint density at radius 1 is 1.15 bits per heavy atom. The Labute approximate surface area is 191 Å². The van der Waals surface area contributed by atoms with Crippen LogP contribution in [0.4, 0.5) is 14.5 Å². The summed E-state index contributed by atoms with van der Waals surface area (Å²) in [7, 11) is 0. The van der Waals surface area contributed by atoms with E-state index in [4.69, 9.17) is 4.42 Å². The van der Waals surface area contributed by atoms with Crippen molar-refractivity contribution in [2.45, 2.75) is 24.8 Å². The average molecular weight is 464 g/mol. The van der Waals surface area contributed by atoms with Gasteiger partial charge in [-0.2, -0.15) is 8.78 Å². The number of fused-ring (bicyclic) bond motifs is 2. The minimum absolute atomic E-state index is 0.0165. The van der Waals surface area contributed by atoms with Gasteiger partial charge in [0.15, 0.2) is 0 Å². The summed E-state index contributed by atoms with van der Waals surface area (Å²) in [5, 5.41) is 21.7. The summed E-state index contributed by atoms with van der Waals surface area (Å²) >= 11 is 0. The number of alkyl halides is 2. The van der Waals surface area contributed by atoms with E-state index in [2.05, 4.69) is 36.1 Å². The summed E-state index contributed by atoms with van der Waals surface area (Å²) in [5.74, 6) is -0.706. The predicted octanol–water partition coefficient (Wildman–Crippen LogP) is 2.56. The van der Waals surface area contributed by atoms with Gasteiger partial charge in [0.1, 0.15) is 5.69 Å². The van der Waals surface area contributed by atoms with Gasteiger partial charge in [0.25, 0.3) is 5.89 Å². The summed E-state index contributed by atoms with van der Waals surface area (Å²) in [4.78, 5) is 17.0. The fourth-order valence-electron chi connectivity index (χ4n) is 4.45. The Bertz CT molecular complexity index is 1380. The van der Waals surface area contributed by atoms with Gasteiger partial charge in [0.05, 0.1) is 29.4 Å². The molecule has 0 aliphatic carbocycles. The minimum atomic E-state index is -2.82. The number of amides is 1. The van der Waals surface area contributed by atoms with Crippen LogP contribution in [-0.4, -0.2) is 49.2 Å². The van der Waals surface area contributed by atoms with Gasteiger partial charge in [-0.15, -0.1) is 15.3 Å². The Balaban J connectivity index is 1.20. The quantitative estimate of drug-likeness (QED) is 0.462. The zero-order valence-corrected chi connectivity index (χ0v) is 17.7. The van der Waals surface area contributed by atoms with Crippen molar-refractivity contribution < 1.29 is 18.0 Å². The highest BCUT2D eigenvalue weighted by Gasteiger charge is 2.48. The van der Waals surface area contributed by atoms with Crippen LogP contribution < -0.4 is 10.6 Å². The highest BCUT2D eigenvalue weighted by Crippen LogP contribution is 2.43. The lowest BCUT2D eigenvalue weighted by Gasteiger charge is -2.19. The molecule has 0 radical (unpaired) electrons. The van der Waals surface area contributed by atoms with Gasteiger partial charge < -0.3 is 15.1 Å². The second-order valence-corrected chi connectivity index (χ2v) is 8.31. The third-order valence-electron chi connectivity index (χ3n) is 6.23. The lowest BCUT2D eigenvalue weighted by Crippen LogP contribution is -2.36. The number of halogens is 2. The standard InChI is InChI=1S/C22H18F2N8O2/c23-18(24)20-30-29-19(34-20)13-1-3-14(26-8-13)9-32-10-17(28-31-32)12-2-4-16-15(7-12)22(21(33)27-16)5-6-25-11-22/h1-4,7-8,10,18,25H,5-6,9,11H2,(H,27,33)/t22-/m0/s1. The first-order chi connectivity index (χ1) is 16.5. The Hall–Kier alpha value is -4.06. The van der Waals surface area contributed by atoms with Gasteiger partial charge in [0.2, 0.25) is 11.8 Å². The van der Waals surface area contributed by atoms with Crippen molar-refractivity contribution in [1.29, 1.82) is 0 Å². The summed E-state index contributed by atoms with van der Waals surface area (Å²) in [5.41, 5.74) is 4.00. The zero-order valence-electron chi connectivity index (χ0n) is 17.7. The molecule has 2 N–H and O–H groups in total. The third kappa shape index (κ3) is 3.34. The van der Waals surface area contributed by atoms with Gasteiger partial charge in [-0.25, -0.2) is 4.68 Å². The molecule has 12 heteroatoms. The number of carbonyl (C=O) groups excluding carboxylic acids is 1. The number of nitrogens with one attached hydrogen (secondary N) is 2. The first-order valence-electron chi connectivity index (χ1n) is 10.7. The first kappa shape index (κ1) is 20.5. The van der Waals surface area contributed by atoms with Crippen molar-refractivity contribution in [1.82, 2.24) is 35.5 Å². The number of aromatic nitrogens is 6. The van der Waals surface area contributed by atoms with E-state index in [1.165, 1.54) is 6.20 Å². The topological polar surface area (TPSA) is 124 Å². The molecule has 1 saturated heterocycles. The SMILES string of the molecule is O=C1Nc2ccc(-c3cn(Cc4ccc(-c5nnc(C(F)F)o5)cn4)nn3)cc2[C@@]12CCNC2. The maximum atomic E-state index is 12.6. The minimum Gasteiger partial charge on any atom is -0.415 e. The van der Waals surface area contributed by atoms with Gasteiger partial charge in [0, 0.05) is 24.0 Å². The number of benzene rings is 1. The van der Waals surface area contributed by atoms with Gasteiger partial charge in [-0.1, -0.05) is 11.3 Å². The molecular weight excluding hydrogens is 446 g/mol. The maximum absolute atomic E-state index is 12.6. The predicted molar refractivity (Wildman–Crippen MR) is 115 cm³/mol. The number of anilines is 1. The largest absolute Gasteiger partial charge is 0.415 e. The smallest absolute Gasteiger partial charge is 0.314 e. The first-order valence-corrected chi connectivity index (χ1v) is 10.7. The van der Waals surface area contributed by atoms with Crippen molar-refractivity contribution >= 4 is 11.6 Å². The number of nitrogens with zero attached hydrogens (tertiary/aromatic N) is 6. The average Bonchev–Trinajstić information content (AvgIpc) is 3.63. The highest BCUT2D eigenvalue weighted by atomic mass is 19.3. The molecule has 172 valence electrons. The number of pyridine rings is 1. The normalized spacial score (nSPS) is 19.2. The van der Waals surface area contributed by atoms with E-state index < -0.39 is 17.7 Å². The molecule has 3 aromatic heterocycles. The molecule has 10 nitrogen and oxygen atoms in total. The summed E-state index contributed by atoms with van der Waals surface area (Å²) in [6.07, 6.45) is 1.23. The number of hydrogen-bond acceptors (Lipinski definition) is 8. The number of rotatable bonds is 5. The summed E-state index contributed by atoms with van der Waals surface area (Å²) in [6, 6.07) is 9.24. The van der Waals surface area contributed by atoms with Crippen LogP contribution in [0.25, 0.3) is 22.7 Å². The van der Waals surface area contributed by atoms with Crippen LogP contribution >= 0.6 is 0 Å². The van der Waals surface area contributed by atoms with E-state index >= 15 is 0 Å². The van der Waals surface area contributed by atoms with Crippen LogP contribution in [0.15, 0.2) is 47.1 Å². The van der Waals surface area contributed by atoms with Crippen molar-refractivity contribution in [3.63, 3.8) is 0 Å². The molecule has 0 unspecified atom stereocenters. The van der Waals surface area contributed by atoms with Crippen molar-refractivity contribution in [2.24, 2.45) is 0 Å². The second kappa shape index (κ2) is 7.76. The lowest BCUT2D eigenvalue weighted by molar-refractivity contribution is -0.120. The molecule has 6 rings (SSSR count). The zero-order chi connectivity index (χ0) is 23.3. The maximum Gasteiger partial charge on any atom is 0.314 e. The Morgan fingerprint density at radius 2 is 2.03 bits per heavy atom. The molecule has 1 spiro atoms. The summed E-state index contributed by atoms with van der Waals surface area (Å²) < 4.78 is 31.9. The highest BCUT2D eigenvalue weighted by molar-refractivity contribution is 6.07. The fourth-order valence-corrected chi connectivity index (χ4v) is 4.45. The molecule has 5 heterocycles. The van der Waals surface area contributed by atoms with Crippen molar-refractivity contribution in [3.05, 3.63) is 59.9 Å². The molecule has 4 aromatic rings. The van der Waals surface area contributed by atoms with Gasteiger partial charge in [-0.3, -0.25) is 9.78 Å². The monoisotopic (exact) mass is 464 g/mol. The van der Waals surface area contributed by atoms with Crippen molar-refractivity contribution in [3.8, 4) is 22.7 Å². The molecule has 1 fully saturated rings. The molecule has 1 aromatic carbocycles. The lowest BCUT2D eigenvalue weighted by atomic mass is 9.80. The van der Waals surface area contributed by atoms with E-state index in [0.717, 1.165) is 29.8 Å². The second-order valence-electron chi connectivity index (χ2n) is 8.31. The molecule has 0 bridgehead atoms. The van der Waals surface area contributed by atoms with Crippen LogP contribution in [0.1, 0.15) is 30.0 Å². The van der Waals surface area contributed by atoms with Crippen LogP contribution in [0.5, 0.6) is 0 Å². The molecule has 2 aliphatic rings. The molecule has 1 amide bonds. The van der Waals surface area contributed by atoms with E-state index in [1.807, 2.05) is 24.4 Å². The van der Waals surface area contributed by atoms with E-state index in [0.29, 0.717) is 30.0 Å². The van der Waals surface area contributed by atoms with Crippen molar-refractivity contribution in [2.75, 3.05) is 18.4 Å². The van der Waals surface area contributed by atoms with E-state index in [9.17, 15) is 13.6 Å². The molecule has 0 saturated carbocycles.